The molecule has 130 valence electrons. The molecule has 0 fully saturated rings. The van der Waals surface area contributed by atoms with Gasteiger partial charge in [-0.25, -0.2) is 0 Å². The highest BCUT2D eigenvalue weighted by molar-refractivity contribution is 5.87. The SMILES string of the molecule is Cc1cccc(OC(C)CNC(=O)C(C)(N)c2ccccc2)c1.Cl. The zero-order chi connectivity index (χ0) is 16.9. The summed E-state index contributed by atoms with van der Waals surface area (Å²) in [6.45, 7) is 6.04. The average molecular weight is 349 g/mol. The molecule has 5 heteroatoms. The summed E-state index contributed by atoms with van der Waals surface area (Å²) in [7, 11) is 0. The van der Waals surface area contributed by atoms with Crippen LogP contribution in [0.1, 0.15) is 25.0 Å². The normalized spacial score (nSPS) is 14.0. The lowest BCUT2D eigenvalue weighted by Gasteiger charge is -2.25. The molecule has 2 unspecified atom stereocenters. The van der Waals surface area contributed by atoms with Crippen LogP contribution in [0, 0.1) is 6.92 Å². The van der Waals surface area contributed by atoms with Gasteiger partial charge in [-0.1, -0.05) is 42.5 Å². The van der Waals surface area contributed by atoms with E-state index in [1.165, 1.54) is 0 Å². The first kappa shape index (κ1) is 20.0. The second-order valence-corrected chi connectivity index (χ2v) is 6.02. The van der Waals surface area contributed by atoms with Gasteiger partial charge in [-0.3, -0.25) is 4.79 Å². The second kappa shape index (κ2) is 8.71. The van der Waals surface area contributed by atoms with Crippen LogP contribution in [0.4, 0.5) is 0 Å². The first-order valence-corrected chi connectivity index (χ1v) is 7.75. The second-order valence-electron chi connectivity index (χ2n) is 6.02. The molecule has 2 aromatic carbocycles. The number of hydrogen-bond donors (Lipinski definition) is 2. The smallest absolute Gasteiger partial charge is 0.244 e. The van der Waals surface area contributed by atoms with Gasteiger partial charge in [-0.2, -0.15) is 0 Å². The minimum atomic E-state index is -1.07. The van der Waals surface area contributed by atoms with Crippen LogP contribution in [0.2, 0.25) is 0 Å². The van der Waals surface area contributed by atoms with Crippen molar-refractivity contribution in [3.8, 4) is 5.75 Å². The minimum absolute atomic E-state index is 0. The van der Waals surface area contributed by atoms with E-state index >= 15 is 0 Å². The largest absolute Gasteiger partial charge is 0.489 e. The summed E-state index contributed by atoms with van der Waals surface area (Å²) < 4.78 is 5.81. The number of hydrogen-bond acceptors (Lipinski definition) is 3. The van der Waals surface area contributed by atoms with Crippen molar-refractivity contribution in [1.82, 2.24) is 5.32 Å². The van der Waals surface area contributed by atoms with E-state index in [1.807, 2.05) is 68.4 Å². The third kappa shape index (κ3) is 5.25. The Bertz CT molecular complexity index is 659. The number of halogens is 1. The monoisotopic (exact) mass is 348 g/mol. The first-order chi connectivity index (χ1) is 10.9. The molecule has 0 saturated heterocycles. The van der Waals surface area contributed by atoms with E-state index in [0.717, 1.165) is 16.9 Å². The van der Waals surface area contributed by atoms with Gasteiger partial charge in [0.15, 0.2) is 0 Å². The average Bonchev–Trinajstić information content (AvgIpc) is 2.53. The summed E-state index contributed by atoms with van der Waals surface area (Å²) >= 11 is 0. The van der Waals surface area contributed by atoms with Gasteiger partial charge < -0.3 is 15.8 Å². The molecule has 0 radical (unpaired) electrons. The van der Waals surface area contributed by atoms with Gasteiger partial charge >= 0.3 is 0 Å². The first-order valence-electron chi connectivity index (χ1n) is 7.75. The summed E-state index contributed by atoms with van der Waals surface area (Å²) in [5, 5.41) is 2.87. The summed E-state index contributed by atoms with van der Waals surface area (Å²) in [6, 6.07) is 17.2. The summed E-state index contributed by atoms with van der Waals surface area (Å²) in [4.78, 5) is 12.4. The van der Waals surface area contributed by atoms with Gasteiger partial charge in [0.1, 0.15) is 17.4 Å². The quantitative estimate of drug-likeness (QED) is 0.842. The number of carbonyl (C=O) groups excluding carboxylic acids is 1. The molecule has 0 heterocycles. The van der Waals surface area contributed by atoms with Crippen molar-refractivity contribution in [2.45, 2.75) is 32.4 Å². The molecule has 0 aliphatic heterocycles. The van der Waals surface area contributed by atoms with Gasteiger partial charge in [-0.15, -0.1) is 12.4 Å². The summed E-state index contributed by atoms with van der Waals surface area (Å²) in [6.07, 6.45) is -0.146. The molecule has 2 rings (SSSR count). The molecule has 1 amide bonds. The van der Waals surface area contributed by atoms with E-state index in [0.29, 0.717) is 6.54 Å². The van der Waals surface area contributed by atoms with Crippen LogP contribution in [-0.2, 0) is 10.3 Å². The molecule has 2 atom stereocenters. The van der Waals surface area contributed by atoms with E-state index in [2.05, 4.69) is 5.32 Å². The summed E-state index contributed by atoms with van der Waals surface area (Å²) in [5.41, 5.74) is 7.04. The highest BCUT2D eigenvalue weighted by atomic mass is 35.5. The van der Waals surface area contributed by atoms with Crippen molar-refractivity contribution in [3.63, 3.8) is 0 Å². The Balaban J connectivity index is 0.00000288. The Labute approximate surface area is 149 Å². The minimum Gasteiger partial charge on any atom is -0.489 e. The van der Waals surface area contributed by atoms with Crippen LogP contribution in [0.15, 0.2) is 54.6 Å². The van der Waals surface area contributed by atoms with Gasteiger partial charge in [-0.05, 0) is 44.0 Å². The third-order valence-electron chi connectivity index (χ3n) is 3.72. The van der Waals surface area contributed by atoms with Gasteiger partial charge in [0.2, 0.25) is 5.91 Å². The fourth-order valence-electron chi connectivity index (χ4n) is 2.30. The molecule has 0 aromatic heterocycles. The van der Waals surface area contributed by atoms with Crippen LogP contribution in [0.25, 0.3) is 0 Å². The fraction of sp³-hybridized carbons (Fsp3) is 0.316. The van der Waals surface area contributed by atoms with Crippen LogP contribution < -0.4 is 15.8 Å². The van der Waals surface area contributed by atoms with Crippen molar-refractivity contribution in [1.29, 1.82) is 0 Å². The van der Waals surface area contributed by atoms with Crippen LogP contribution in [0.5, 0.6) is 5.75 Å². The Kier molecular flexibility index (Phi) is 7.26. The zero-order valence-corrected chi connectivity index (χ0v) is 15.1. The maximum atomic E-state index is 12.4. The zero-order valence-electron chi connectivity index (χ0n) is 14.3. The van der Waals surface area contributed by atoms with E-state index < -0.39 is 5.54 Å². The molecule has 3 N–H and O–H groups in total. The highest BCUT2D eigenvalue weighted by Crippen LogP contribution is 2.18. The van der Waals surface area contributed by atoms with Gasteiger partial charge in [0, 0.05) is 0 Å². The predicted octanol–water partition coefficient (Wildman–Crippen LogP) is 3.17. The van der Waals surface area contributed by atoms with Crippen LogP contribution in [0.3, 0.4) is 0 Å². The number of aryl methyl sites for hydroxylation is 1. The lowest BCUT2D eigenvalue weighted by atomic mass is 9.92. The van der Waals surface area contributed by atoms with Crippen molar-refractivity contribution < 1.29 is 9.53 Å². The number of carbonyl (C=O) groups is 1. The molecule has 0 aliphatic rings. The van der Waals surface area contributed by atoms with Crippen molar-refractivity contribution in [2.75, 3.05) is 6.54 Å². The highest BCUT2D eigenvalue weighted by Gasteiger charge is 2.30. The lowest BCUT2D eigenvalue weighted by Crippen LogP contribution is -2.50. The predicted molar refractivity (Wildman–Crippen MR) is 99.5 cm³/mol. The van der Waals surface area contributed by atoms with E-state index in [9.17, 15) is 4.79 Å². The van der Waals surface area contributed by atoms with Gasteiger partial charge in [0.25, 0.3) is 0 Å². The standard InChI is InChI=1S/C19H24N2O2.ClH/c1-14-8-7-11-17(12-14)23-15(2)13-21-18(22)19(3,20)16-9-5-4-6-10-16;/h4-12,15H,13,20H2,1-3H3,(H,21,22);1H. The molecular weight excluding hydrogens is 324 g/mol. The molecule has 4 nitrogen and oxygen atoms in total. The Morgan fingerprint density at radius 1 is 1.21 bits per heavy atom. The van der Waals surface area contributed by atoms with Crippen LogP contribution in [-0.4, -0.2) is 18.6 Å². The van der Waals surface area contributed by atoms with E-state index in [4.69, 9.17) is 10.5 Å². The molecule has 24 heavy (non-hydrogen) atoms. The van der Waals surface area contributed by atoms with E-state index in [1.54, 1.807) is 6.92 Å². The number of nitrogens with one attached hydrogen (secondary N) is 1. The van der Waals surface area contributed by atoms with Crippen molar-refractivity contribution in [2.24, 2.45) is 5.73 Å². The molecule has 0 spiro atoms. The Hall–Kier alpha value is -2.04. The number of amides is 1. The molecule has 0 aliphatic carbocycles. The maximum Gasteiger partial charge on any atom is 0.244 e. The Morgan fingerprint density at radius 2 is 1.88 bits per heavy atom. The van der Waals surface area contributed by atoms with Crippen molar-refractivity contribution in [3.05, 3.63) is 65.7 Å². The van der Waals surface area contributed by atoms with E-state index in [-0.39, 0.29) is 24.4 Å². The third-order valence-corrected chi connectivity index (χ3v) is 3.72. The van der Waals surface area contributed by atoms with Crippen molar-refractivity contribution >= 4 is 18.3 Å². The number of ether oxygens (including phenoxy) is 1. The van der Waals surface area contributed by atoms with Crippen LogP contribution >= 0.6 is 12.4 Å². The number of rotatable bonds is 6. The summed E-state index contributed by atoms with van der Waals surface area (Å²) in [5.74, 6) is 0.578. The number of benzene rings is 2. The maximum absolute atomic E-state index is 12.4. The molecule has 0 saturated carbocycles. The van der Waals surface area contributed by atoms with Gasteiger partial charge in [0.05, 0.1) is 6.54 Å². The molecular formula is C19H25ClN2O2. The molecule has 2 aromatic rings. The topological polar surface area (TPSA) is 64.3 Å². The Morgan fingerprint density at radius 3 is 2.50 bits per heavy atom. The lowest BCUT2D eigenvalue weighted by molar-refractivity contribution is -0.126. The fourth-order valence-corrected chi connectivity index (χ4v) is 2.30. The molecule has 0 bridgehead atoms. The number of nitrogens with two attached hydrogens (primary N) is 1.